The summed E-state index contributed by atoms with van der Waals surface area (Å²) in [5.41, 5.74) is 0.814. The minimum absolute atomic E-state index is 0. The highest BCUT2D eigenvalue weighted by molar-refractivity contribution is 5.85. The molecule has 1 aliphatic heterocycles. The van der Waals surface area contributed by atoms with Crippen LogP contribution in [0.2, 0.25) is 0 Å². The molecule has 0 radical (unpaired) electrons. The van der Waals surface area contributed by atoms with Gasteiger partial charge in [-0.05, 0) is 31.0 Å². The number of methoxy groups -OCH3 is 1. The Hall–Kier alpha value is -1.60. The zero-order valence-corrected chi connectivity index (χ0v) is 15.4. The Morgan fingerprint density at radius 1 is 1.44 bits per heavy atom. The number of rotatable bonds is 7. The Balaban J connectivity index is 0.00000312. The SMILES string of the molecule is CCCOc1ccc(C(C)NC(=O)C2CC(F)(F)CN2)cc1OC.Cl. The molecule has 0 spiro atoms. The highest BCUT2D eigenvalue weighted by Crippen LogP contribution is 2.31. The largest absolute Gasteiger partial charge is 0.493 e. The number of amides is 1. The van der Waals surface area contributed by atoms with Gasteiger partial charge in [-0.1, -0.05) is 13.0 Å². The number of alkyl halides is 2. The van der Waals surface area contributed by atoms with E-state index in [2.05, 4.69) is 10.6 Å². The van der Waals surface area contributed by atoms with Crippen LogP contribution in [0.3, 0.4) is 0 Å². The first-order valence-electron chi connectivity index (χ1n) is 8.08. The third-order valence-corrected chi connectivity index (χ3v) is 3.93. The Labute approximate surface area is 152 Å². The summed E-state index contributed by atoms with van der Waals surface area (Å²) in [5, 5.41) is 5.31. The minimum atomic E-state index is -2.83. The highest BCUT2D eigenvalue weighted by atomic mass is 35.5. The molecular weight excluding hydrogens is 354 g/mol. The fraction of sp³-hybridized carbons (Fsp3) is 0.588. The quantitative estimate of drug-likeness (QED) is 0.765. The summed E-state index contributed by atoms with van der Waals surface area (Å²) in [6, 6.07) is 4.20. The summed E-state index contributed by atoms with van der Waals surface area (Å²) in [7, 11) is 1.55. The van der Waals surface area contributed by atoms with Crippen molar-refractivity contribution < 1.29 is 23.0 Å². The first-order valence-corrected chi connectivity index (χ1v) is 8.08. The van der Waals surface area contributed by atoms with E-state index < -0.39 is 30.8 Å². The standard InChI is InChI=1S/C17H24F2N2O3.ClH/c1-4-7-24-14-6-5-12(8-15(14)23-3)11(2)21-16(22)13-9-17(18,19)10-20-13;/h5-6,8,11,13,20H,4,7,9-10H2,1-3H3,(H,21,22);1H. The summed E-state index contributed by atoms with van der Waals surface area (Å²) in [5.74, 6) is -2.04. The molecule has 0 saturated carbocycles. The number of halogens is 3. The Kier molecular flexibility index (Phi) is 7.89. The summed E-state index contributed by atoms with van der Waals surface area (Å²) in [6.45, 7) is 3.94. The predicted molar refractivity (Wildman–Crippen MR) is 93.9 cm³/mol. The molecule has 0 aliphatic carbocycles. The molecule has 142 valence electrons. The normalized spacial score (nSPS) is 19.6. The molecule has 1 amide bonds. The van der Waals surface area contributed by atoms with Gasteiger partial charge >= 0.3 is 0 Å². The molecule has 25 heavy (non-hydrogen) atoms. The molecule has 2 atom stereocenters. The van der Waals surface area contributed by atoms with E-state index in [1.807, 2.05) is 13.0 Å². The van der Waals surface area contributed by atoms with E-state index in [9.17, 15) is 13.6 Å². The van der Waals surface area contributed by atoms with E-state index >= 15 is 0 Å². The monoisotopic (exact) mass is 378 g/mol. The van der Waals surface area contributed by atoms with Gasteiger partial charge in [0.1, 0.15) is 0 Å². The third-order valence-electron chi connectivity index (χ3n) is 3.93. The highest BCUT2D eigenvalue weighted by Gasteiger charge is 2.42. The lowest BCUT2D eigenvalue weighted by atomic mass is 10.1. The second kappa shape index (κ2) is 9.20. The second-order valence-corrected chi connectivity index (χ2v) is 5.98. The smallest absolute Gasteiger partial charge is 0.262 e. The molecule has 1 saturated heterocycles. The fourth-order valence-corrected chi connectivity index (χ4v) is 2.58. The molecule has 0 bridgehead atoms. The van der Waals surface area contributed by atoms with Gasteiger partial charge in [0.25, 0.3) is 5.92 Å². The molecule has 1 aromatic carbocycles. The maximum absolute atomic E-state index is 13.2. The second-order valence-electron chi connectivity index (χ2n) is 5.98. The first-order chi connectivity index (χ1) is 11.4. The van der Waals surface area contributed by atoms with E-state index in [1.165, 1.54) is 0 Å². The number of benzene rings is 1. The van der Waals surface area contributed by atoms with Crippen molar-refractivity contribution >= 4 is 18.3 Å². The van der Waals surface area contributed by atoms with Crippen molar-refractivity contribution in [1.29, 1.82) is 0 Å². The predicted octanol–water partition coefficient (Wildman–Crippen LogP) is 3.08. The van der Waals surface area contributed by atoms with Gasteiger partial charge in [0, 0.05) is 6.42 Å². The number of nitrogens with one attached hydrogen (secondary N) is 2. The lowest BCUT2D eigenvalue weighted by Gasteiger charge is -2.19. The summed E-state index contributed by atoms with van der Waals surface area (Å²) in [6.07, 6.45) is 0.412. The van der Waals surface area contributed by atoms with E-state index in [-0.39, 0.29) is 18.4 Å². The van der Waals surface area contributed by atoms with Gasteiger partial charge in [-0.2, -0.15) is 0 Å². The number of ether oxygens (including phenoxy) is 2. The van der Waals surface area contributed by atoms with Gasteiger partial charge in [-0.25, -0.2) is 8.78 Å². The molecule has 2 unspecified atom stereocenters. The molecule has 5 nitrogen and oxygen atoms in total. The average Bonchev–Trinajstić information content (AvgIpc) is 2.92. The van der Waals surface area contributed by atoms with Crippen molar-refractivity contribution in [2.24, 2.45) is 0 Å². The van der Waals surface area contributed by atoms with Crippen LogP contribution in [-0.4, -0.2) is 38.1 Å². The van der Waals surface area contributed by atoms with Crippen molar-refractivity contribution in [2.75, 3.05) is 20.3 Å². The van der Waals surface area contributed by atoms with Gasteiger partial charge in [-0.3, -0.25) is 10.1 Å². The Bertz CT molecular complexity index is 587. The van der Waals surface area contributed by atoms with Crippen LogP contribution >= 0.6 is 12.4 Å². The van der Waals surface area contributed by atoms with Crippen LogP contribution in [0.25, 0.3) is 0 Å². The van der Waals surface area contributed by atoms with E-state index in [0.29, 0.717) is 18.1 Å². The number of carbonyl (C=O) groups is 1. The van der Waals surface area contributed by atoms with Crippen LogP contribution < -0.4 is 20.1 Å². The van der Waals surface area contributed by atoms with Crippen LogP contribution in [0.4, 0.5) is 8.78 Å². The van der Waals surface area contributed by atoms with Crippen LogP contribution in [0.5, 0.6) is 11.5 Å². The van der Waals surface area contributed by atoms with Crippen molar-refractivity contribution in [3.05, 3.63) is 23.8 Å². The van der Waals surface area contributed by atoms with Crippen molar-refractivity contribution in [3.8, 4) is 11.5 Å². The lowest BCUT2D eigenvalue weighted by Crippen LogP contribution is -2.41. The number of hydrogen-bond donors (Lipinski definition) is 2. The Morgan fingerprint density at radius 3 is 2.72 bits per heavy atom. The average molecular weight is 379 g/mol. The van der Waals surface area contributed by atoms with Gasteiger partial charge in [0.2, 0.25) is 5.91 Å². The van der Waals surface area contributed by atoms with Gasteiger partial charge in [-0.15, -0.1) is 12.4 Å². The molecule has 0 aromatic heterocycles. The van der Waals surface area contributed by atoms with Gasteiger partial charge < -0.3 is 14.8 Å². The Morgan fingerprint density at radius 2 is 2.16 bits per heavy atom. The van der Waals surface area contributed by atoms with Crippen LogP contribution in [0, 0.1) is 0 Å². The fourth-order valence-electron chi connectivity index (χ4n) is 2.58. The molecule has 1 heterocycles. The third kappa shape index (κ3) is 5.71. The van der Waals surface area contributed by atoms with E-state index in [1.54, 1.807) is 26.2 Å². The van der Waals surface area contributed by atoms with Crippen molar-refractivity contribution in [3.63, 3.8) is 0 Å². The van der Waals surface area contributed by atoms with Gasteiger partial charge in [0.05, 0.1) is 32.3 Å². The van der Waals surface area contributed by atoms with E-state index in [4.69, 9.17) is 9.47 Å². The molecule has 1 aromatic rings. The number of hydrogen-bond acceptors (Lipinski definition) is 4. The summed E-state index contributed by atoms with van der Waals surface area (Å²) < 4.78 is 37.3. The van der Waals surface area contributed by atoms with Crippen LogP contribution in [0.15, 0.2) is 18.2 Å². The molecule has 2 N–H and O–H groups in total. The maximum Gasteiger partial charge on any atom is 0.262 e. The number of carbonyl (C=O) groups excluding carboxylic acids is 1. The molecule has 1 aliphatic rings. The molecule has 2 rings (SSSR count). The molecular formula is C17H25ClF2N2O3. The van der Waals surface area contributed by atoms with Crippen LogP contribution in [-0.2, 0) is 4.79 Å². The summed E-state index contributed by atoms with van der Waals surface area (Å²) in [4.78, 5) is 12.1. The topological polar surface area (TPSA) is 59.6 Å². The first kappa shape index (κ1) is 21.4. The zero-order chi connectivity index (χ0) is 17.7. The summed E-state index contributed by atoms with van der Waals surface area (Å²) >= 11 is 0. The maximum atomic E-state index is 13.2. The van der Waals surface area contributed by atoms with Crippen molar-refractivity contribution in [2.45, 2.75) is 44.7 Å². The van der Waals surface area contributed by atoms with Crippen LogP contribution in [0.1, 0.15) is 38.3 Å². The lowest BCUT2D eigenvalue weighted by molar-refractivity contribution is -0.124. The minimum Gasteiger partial charge on any atom is -0.493 e. The molecule has 8 heteroatoms. The van der Waals surface area contributed by atoms with Gasteiger partial charge in [0.15, 0.2) is 11.5 Å². The molecule has 1 fully saturated rings. The zero-order valence-electron chi connectivity index (χ0n) is 14.6. The van der Waals surface area contributed by atoms with Crippen molar-refractivity contribution in [1.82, 2.24) is 10.6 Å². The van der Waals surface area contributed by atoms with E-state index in [0.717, 1.165) is 12.0 Å².